The van der Waals surface area contributed by atoms with E-state index in [0.29, 0.717) is 0 Å². The Kier molecular flexibility index (Phi) is 1.36. The molecule has 2 heteroatoms. The maximum Gasteiger partial charge on any atom is 0.335 e. The van der Waals surface area contributed by atoms with Crippen molar-refractivity contribution in [3.63, 3.8) is 0 Å². The molecule has 0 aromatic heterocycles. The van der Waals surface area contributed by atoms with Crippen molar-refractivity contribution in [2.45, 2.75) is 19.2 Å². The minimum Gasteiger partial charge on any atom is -0.478 e. The van der Waals surface area contributed by atoms with Gasteiger partial charge in [-0.2, -0.15) is 0 Å². The number of carboxylic acids is 1. The lowest BCUT2D eigenvalue weighted by molar-refractivity contribution is 0.0697. The number of rotatable bonds is 1. The Morgan fingerprint density at radius 1 is 1.50 bits per heavy atom. The van der Waals surface area contributed by atoms with Crippen molar-refractivity contribution in [3.05, 3.63) is 34.9 Å². The first-order chi connectivity index (χ1) is 6.18. The largest absolute Gasteiger partial charge is 0.478 e. The third kappa shape index (κ3) is 1.09. The highest BCUT2D eigenvalue weighted by Gasteiger charge is 2.12. The summed E-state index contributed by atoms with van der Waals surface area (Å²) in [6.07, 6.45) is 1.50. The Morgan fingerprint density at radius 2 is 2.33 bits per heavy atom. The van der Waals surface area contributed by atoms with Crippen molar-refractivity contribution in [1.82, 2.24) is 0 Å². The predicted molar refractivity (Wildman–Crippen MR) is 45.4 cm³/mol. The van der Waals surface area contributed by atoms with Crippen LogP contribution in [0.2, 0.25) is 0 Å². The van der Waals surface area contributed by atoms with Crippen molar-refractivity contribution in [2.24, 2.45) is 0 Å². The van der Waals surface area contributed by atoms with Crippen LogP contribution in [-0.2, 0) is 12.8 Å². The first-order valence-corrected chi connectivity index (χ1v) is 3.97. The Morgan fingerprint density at radius 3 is 3.08 bits per heavy atom. The van der Waals surface area contributed by atoms with Gasteiger partial charge in [-0.3, -0.25) is 0 Å². The highest BCUT2D eigenvalue weighted by atomic mass is 16.4. The van der Waals surface area contributed by atoms with Crippen molar-refractivity contribution in [3.8, 4) is 0 Å². The molecule has 0 amide bonds. The molecule has 1 aliphatic carbocycles. The predicted octanol–water partition coefficient (Wildman–Crippen LogP) is 1.87. The van der Waals surface area contributed by atoms with Gasteiger partial charge in [0.15, 0.2) is 0 Å². The highest BCUT2D eigenvalue weighted by molar-refractivity contribution is 5.87. The first-order valence-electron chi connectivity index (χ1n) is 4.54. The van der Waals surface area contributed by atoms with Gasteiger partial charge in [0.2, 0.25) is 0 Å². The van der Waals surface area contributed by atoms with Crippen LogP contribution in [0.25, 0.3) is 0 Å². The molecule has 1 aromatic rings. The third-order valence-electron chi connectivity index (χ3n) is 2.17. The van der Waals surface area contributed by atoms with E-state index in [9.17, 15) is 4.79 Å². The maximum atomic E-state index is 10.6. The van der Waals surface area contributed by atoms with Gasteiger partial charge in [0.05, 0.1) is 5.56 Å². The second-order valence-corrected chi connectivity index (χ2v) is 2.96. The standard InChI is InChI=1S/C10H10O2/c11-10(12)9-5-4-7-2-1-3-8(7)6-9/h4-6H,1-3H2,(H,11,12)/i3D. The summed E-state index contributed by atoms with van der Waals surface area (Å²) in [5.74, 6) is -0.915. The zero-order chi connectivity index (χ0) is 9.42. The molecule has 0 saturated heterocycles. The molecule has 0 aliphatic heterocycles. The number of aromatic carboxylic acids is 1. The molecule has 62 valence electrons. The van der Waals surface area contributed by atoms with Gasteiger partial charge in [-0.25, -0.2) is 4.79 Å². The van der Waals surface area contributed by atoms with E-state index in [-0.39, 0.29) is 12.0 Å². The van der Waals surface area contributed by atoms with Crippen LogP contribution in [-0.4, -0.2) is 11.1 Å². The fourth-order valence-electron chi connectivity index (χ4n) is 1.53. The van der Waals surface area contributed by atoms with Gasteiger partial charge in [0.1, 0.15) is 0 Å². The van der Waals surface area contributed by atoms with E-state index in [4.69, 9.17) is 6.48 Å². The summed E-state index contributed by atoms with van der Waals surface area (Å²) in [5.41, 5.74) is 2.31. The van der Waals surface area contributed by atoms with Crippen LogP contribution in [0.4, 0.5) is 0 Å². The first kappa shape index (κ1) is 6.23. The van der Waals surface area contributed by atoms with Crippen LogP contribution in [0.1, 0.15) is 29.3 Å². The van der Waals surface area contributed by atoms with Crippen LogP contribution < -0.4 is 0 Å². The van der Waals surface area contributed by atoms with Crippen LogP contribution in [0, 0.1) is 0 Å². The van der Waals surface area contributed by atoms with Crippen LogP contribution in [0.15, 0.2) is 18.2 Å². The lowest BCUT2D eigenvalue weighted by Gasteiger charge is -1.99. The van der Waals surface area contributed by atoms with Gasteiger partial charge in [-0.1, -0.05) is 6.07 Å². The normalized spacial score (nSPS) is 21.7. The van der Waals surface area contributed by atoms with E-state index in [1.54, 1.807) is 12.1 Å². The number of carbonyl (C=O) groups is 1. The molecular formula is C10H10O2. The molecule has 2 nitrogen and oxygen atoms in total. The summed E-state index contributed by atoms with van der Waals surface area (Å²) in [7, 11) is 0. The van der Waals surface area contributed by atoms with E-state index >= 15 is 0 Å². The van der Waals surface area contributed by atoms with Crippen LogP contribution in [0.5, 0.6) is 0 Å². The summed E-state index contributed by atoms with van der Waals surface area (Å²) in [4.78, 5) is 10.6. The van der Waals surface area contributed by atoms with Gasteiger partial charge in [0, 0.05) is 1.37 Å². The molecule has 1 atom stereocenters. The maximum absolute atomic E-state index is 10.6. The van der Waals surface area contributed by atoms with Gasteiger partial charge < -0.3 is 5.11 Å². The molecule has 1 unspecified atom stereocenters. The van der Waals surface area contributed by atoms with Crippen LogP contribution >= 0.6 is 0 Å². The molecule has 0 heterocycles. The fourth-order valence-corrected chi connectivity index (χ4v) is 1.53. The fraction of sp³-hybridized carbons (Fsp3) is 0.300. The molecule has 1 aromatic carbocycles. The monoisotopic (exact) mass is 163 g/mol. The van der Waals surface area contributed by atoms with E-state index in [2.05, 4.69) is 0 Å². The summed E-state index contributed by atoms with van der Waals surface area (Å²) in [5, 5.41) is 8.74. The molecule has 0 bridgehead atoms. The summed E-state index contributed by atoms with van der Waals surface area (Å²) < 4.78 is 7.66. The molecule has 0 fully saturated rings. The van der Waals surface area contributed by atoms with E-state index in [1.807, 2.05) is 6.07 Å². The number of benzene rings is 1. The average molecular weight is 163 g/mol. The zero-order valence-corrected chi connectivity index (χ0v) is 6.58. The van der Waals surface area contributed by atoms with E-state index in [1.165, 1.54) is 0 Å². The average Bonchev–Trinajstić information content (AvgIpc) is 2.47. The Labute approximate surface area is 72.2 Å². The number of hydrogen-bond donors (Lipinski definition) is 1. The minimum atomic E-state index is -0.915. The molecule has 2 rings (SSSR count). The quantitative estimate of drug-likeness (QED) is 0.686. The van der Waals surface area contributed by atoms with Gasteiger partial charge >= 0.3 is 5.97 Å². The summed E-state index contributed by atoms with van der Waals surface area (Å²) >= 11 is 0. The third-order valence-corrected chi connectivity index (χ3v) is 2.17. The second-order valence-electron chi connectivity index (χ2n) is 2.96. The van der Waals surface area contributed by atoms with Gasteiger partial charge in [-0.15, -0.1) is 0 Å². The van der Waals surface area contributed by atoms with Gasteiger partial charge in [0.25, 0.3) is 0 Å². The van der Waals surface area contributed by atoms with Crippen molar-refractivity contribution >= 4 is 5.97 Å². The van der Waals surface area contributed by atoms with Crippen molar-refractivity contribution < 1.29 is 11.3 Å². The highest BCUT2D eigenvalue weighted by Crippen LogP contribution is 2.22. The molecule has 1 aliphatic rings. The summed E-state index contributed by atoms with van der Waals surface area (Å²) in [6, 6.07) is 5.06. The summed E-state index contributed by atoms with van der Waals surface area (Å²) in [6.45, 7) is 0. The number of fused-ring (bicyclic) bond motifs is 1. The zero-order valence-electron chi connectivity index (χ0n) is 7.58. The number of hydrogen-bond acceptors (Lipinski definition) is 1. The molecule has 12 heavy (non-hydrogen) atoms. The van der Waals surface area contributed by atoms with Crippen molar-refractivity contribution in [1.29, 1.82) is 0 Å². The van der Waals surface area contributed by atoms with Gasteiger partial charge in [-0.05, 0) is 42.5 Å². The molecule has 1 N–H and O–H groups in total. The molecule has 0 spiro atoms. The Hall–Kier alpha value is -1.31. The smallest absolute Gasteiger partial charge is 0.335 e. The SMILES string of the molecule is [2H]C1CCc2ccc(C(=O)O)cc21. The lowest BCUT2D eigenvalue weighted by Crippen LogP contribution is -1.97. The minimum absolute atomic E-state index is 0.228. The molecular weight excluding hydrogens is 152 g/mol. The van der Waals surface area contributed by atoms with Crippen LogP contribution in [0.3, 0.4) is 0 Å². The Bertz CT molecular complexity index is 360. The topological polar surface area (TPSA) is 37.3 Å². The molecule has 0 radical (unpaired) electrons. The molecule has 0 saturated carbocycles. The second kappa shape index (κ2) is 2.63. The number of aryl methyl sites for hydroxylation is 2. The van der Waals surface area contributed by atoms with E-state index < -0.39 is 5.97 Å². The van der Waals surface area contributed by atoms with E-state index in [0.717, 1.165) is 24.0 Å². The number of carboxylic acid groups (broad SMARTS) is 1. The lowest BCUT2D eigenvalue weighted by atomic mass is 10.1. The Balaban J connectivity index is 2.47. The van der Waals surface area contributed by atoms with Crippen molar-refractivity contribution in [2.75, 3.05) is 0 Å².